The van der Waals surface area contributed by atoms with Gasteiger partial charge in [-0.3, -0.25) is 0 Å². The van der Waals surface area contributed by atoms with Crippen molar-refractivity contribution in [2.24, 2.45) is 0 Å². The second-order valence-electron chi connectivity index (χ2n) is 0.879. The molecular weight excluding hydrogens is 147 g/mol. The van der Waals surface area contributed by atoms with Gasteiger partial charge in [-0.15, -0.1) is 13.2 Å². The third kappa shape index (κ3) is 10.4. The van der Waals surface area contributed by atoms with Crippen molar-refractivity contribution in [2.45, 2.75) is 6.36 Å². The standard InChI is InChI=1S/C2H4BF3O.K/c3-1-7-2(4,5)6;/h1,3H2;. The topological polar surface area (TPSA) is 9.23 Å². The van der Waals surface area contributed by atoms with Crippen LogP contribution in [0.3, 0.4) is 0 Å². The van der Waals surface area contributed by atoms with E-state index in [0.29, 0.717) is 0 Å². The van der Waals surface area contributed by atoms with Gasteiger partial charge >= 0.3 is 6.36 Å². The zero-order chi connectivity index (χ0) is 5.91. The van der Waals surface area contributed by atoms with Crippen molar-refractivity contribution in [1.82, 2.24) is 0 Å². The Kier molecular flexibility index (Phi) is 7.98. The summed E-state index contributed by atoms with van der Waals surface area (Å²) in [5.74, 6) is 0. The molecule has 0 aliphatic carbocycles. The number of hydrogen-bond donors (Lipinski definition) is 0. The molecular formula is C2H4BF3KO. The molecule has 0 aliphatic rings. The number of rotatable bonds is 1. The van der Waals surface area contributed by atoms with Crippen molar-refractivity contribution >= 4 is 59.2 Å². The van der Waals surface area contributed by atoms with Crippen LogP contribution in [0.25, 0.3) is 0 Å². The van der Waals surface area contributed by atoms with Crippen molar-refractivity contribution in [3.05, 3.63) is 0 Å². The van der Waals surface area contributed by atoms with E-state index in [1.54, 1.807) is 0 Å². The van der Waals surface area contributed by atoms with E-state index in [9.17, 15) is 13.2 Å². The Morgan fingerprint density at radius 1 is 1.38 bits per heavy atom. The molecule has 43 valence electrons. The van der Waals surface area contributed by atoms with Crippen LogP contribution < -0.4 is 0 Å². The molecule has 0 amide bonds. The maximum atomic E-state index is 10.8. The summed E-state index contributed by atoms with van der Waals surface area (Å²) in [6.07, 6.45) is -4.45. The van der Waals surface area contributed by atoms with Crippen LogP contribution in [0.15, 0.2) is 0 Å². The van der Waals surface area contributed by atoms with E-state index in [0.717, 1.165) is 0 Å². The second kappa shape index (κ2) is 5.25. The first-order valence-corrected chi connectivity index (χ1v) is 1.77. The Bertz CT molecular complexity index is 55.7. The summed E-state index contributed by atoms with van der Waals surface area (Å²) in [6, 6.07) is 0. The molecule has 8 heavy (non-hydrogen) atoms. The van der Waals surface area contributed by atoms with Crippen LogP contribution in [0.2, 0.25) is 0 Å². The molecule has 0 bridgehead atoms. The molecule has 0 fully saturated rings. The third-order valence-corrected chi connectivity index (χ3v) is 0.308. The fourth-order valence-corrected chi connectivity index (χ4v) is 0.164. The number of hydrogen-bond acceptors (Lipinski definition) is 1. The van der Waals surface area contributed by atoms with Gasteiger partial charge in [-0.2, -0.15) is 0 Å². The first-order valence-electron chi connectivity index (χ1n) is 1.77. The van der Waals surface area contributed by atoms with Gasteiger partial charge < -0.3 is 4.74 Å². The second-order valence-corrected chi connectivity index (χ2v) is 0.879. The molecule has 0 aromatic heterocycles. The van der Waals surface area contributed by atoms with E-state index in [-0.39, 0.29) is 57.9 Å². The van der Waals surface area contributed by atoms with Gasteiger partial charge in [-0.05, 0) is 0 Å². The molecule has 0 rings (SSSR count). The molecule has 1 radical (unpaired) electrons. The quantitative estimate of drug-likeness (QED) is 0.469. The van der Waals surface area contributed by atoms with Gasteiger partial charge in [0, 0.05) is 57.9 Å². The van der Waals surface area contributed by atoms with E-state index >= 15 is 0 Å². The molecule has 1 nitrogen and oxygen atoms in total. The molecule has 6 heteroatoms. The molecule has 0 aromatic rings. The van der Waals surface area contributed by atoms with Crippen LogP contribution in [0.1, 0.15) is 0 Å². The monoisotopic (exact) mass is 151 g/mol. The van der Waals surface area contributed by atoms with E-state index in [4.69, 9.17) is 0 Å². The summed E-state index contributed by atoms with van der Waals surface area (Å²) in [5.41, 5.74) is 0. The van der Waals surface area contributed by atoms with Gasteiger partial charge in [0.05, 0.1) is 0 Å². The Labute approximate surface area is 88.8 Å². The van der Waals surface area contributed by atoms with E-state index in [1.807, 2.05) is 0 Å². The van der Waals surface area contributed by atoms with Gasteiger partial charge in [-0.25, -0.2) is 0 Å². The smallest absolute Gasteiger partial charge is 0.301 e. The average molecular weight is 151 g/mol. The predicted octanol–water partition coefficient (Wildman–Crippen LogP) is -0.267. The molecule has 0 unspecified atom stereocenters. The summed E-state index contributed by atoms with van der Waals surface area (Å²) >= 11 is 0. The molecule has 0 aromatic carbocycles. The fourth-order valence-electron chi connectivity index (χ4n) is 0.164. The van der Waals surface area contributed by atoms with Gasteiger partial charge in [0.2, 0.25) is 0 Å². The van der Waals surface area contributed by atoms with Crippen LogP contribution in [0, 0.1) is 0 Å². The number of ether oxygens (including phenoxy) is 1. The van der Waals surface area contributed by atoms with Crippen LogP contribution in [0.4, 0.5) is 13.2 Å². The summed E-state index contributed by atoms with van der Waals surface area (Å²) in [4.78, 5) is 0. The summed E-state index contributed by atoms with van der Waals surface area (Å²) in [7, 11) is 1.29. The first-order chi connectivity index (χ1) is 3.06. The molecule has 0 heterocycles. The van der Waals surface area contributed by atoms with Crippen LogP contribution in [-0.2, 0) is 4.74 Å². The molecule has 0 N–H and O–H groups in total. The molecule has 0 aliphatic heterocycles. The Morgan fingerprint density at radius 3 is 1.75 bits per heavy atom. The summed E-state index contributed by atoms with van der Waals surface area (Å²) in [5, 5.41) is 0. The fraction of sp³-hybridized carbons (Fsp3) is 1.00. The van der Waals surface area contributed by atoms with Crippen molar-refractivity contribution in [3.8, 4) is 0 Å². The molecule has 0 saturated heterocycles. The zero-order valence-corrected chi connectivity index (χ0v) is 7.87. The SMILES string of the molecule is BCOC(F)(F)F.[K]. The van der Waals surface area contributed by atoms with Gasteiger partial charge in [-0.1, -0.05) is 0 Å². The summed E-state index contributed by atoms with van der Waals surface area (Å²) < 4.78 is 35.7. The maximum Gasteiger partial charge on any atom is 0.521 e. The van der Waals surface area contributed by atoms with Crippen LogP contribution in [-0.4, -0.2) is 72.1 Å². The Morgan fingerprint density at radius 2 is 1.75 bits per heavy atom. The predicted molar refractivity (Wildman–Crippen MR) is 26.3 cm³/mol. The maximum absolute atomic E-state index is 10.8. The average Bonchev–Trinajstić information content (AvgIpc) is 1.30. The minimum absolute atomic E-state index is 0. The van der Waals surface area contributed by atoms with Crippen molar-refractivity contribution in [1.29, 1.82) is 0 Å². The molecule has 0 spiro atoms. The van der Waals surface area contributed by atoms with E-state index in [2.05, 4.69) is 4.74 Å². The molecule has 0 saturated carbocycles. The third-order valence-electron chi connectivity index (χ3n) is 0.308. The largest absolute Gasteiger partial charge is 0.521 e. The Balaban J connectivity index is 0. The number of halogens is 3. The van der Waals surface area contributed by atoms with Crippen molar-refractivity contribution < 1.29 is 17.9 Å². The van der Waals surface area contributed by atoms with Crippen LogP contribution >= 0.6 is 0 Å². The van der Waals surface area contributed by atoms with Gasteiger partial charge in [0.25, 0.3) is 0 Å². The van der Waals surface area contributed by atoms with Crippen LogP contribution in [0.5, 0.6) is 0 Å². The minimum atomic E-state index is -4.45. The minimum Gasteiger partial charge on any atom is -0.301 e. The van der Waals surface area contributed by atoms with Crippen molar-refractivity contribution in [3.63, 3.8) is 0 Å². The van der Waals surface area contributed by atoms with Crippen molar-refractivity contribution in [2.75, 3.05) is 6.51 Å². The molecule has 0 atom stereocenters. The van der Waals surface area contributed by atoms with Gasteiger partial charge in [0.1, 0.15) is 7.85 Å². The van der Waals surface area contributed by atoms with Gasteiger partial charge in [0.15, 0.2) is 0 Å². The Hall–Kier alpha value is 1.45. The number of alkyl halides is 3. The normalized spacial score (nSPS) is 10.4. The summed E-state index contributed by atoms with van der Waals surface area (Å²) in [6.45, 7) is -0.316. The van der Waals surface area contributed by atoms with E-state index < -0.39 is 6.36 Å². The first kappa shape index (κ1) is 12.2. The van der Waals surface area contributed by atoms with E-state index in [1.165, 1.54) is 7.85 Å². The zero-order valence-electron chi connectivity index (χ0n) is 4.75.